The molecule has 2 aromatic carbocycles. The van der Waals surface area contributed by atoms with E-state index in [1.165, 1.54) is 19.2 Å². The number of nitrogens with one attached hydrogen (secondary N) is 1. The van der Waals surface area contributed by atoms with Crippen molar-refractivity contribution in [3.8, 4) is 5.75 Å². The molecule has 0 spiro atoms. The van der Waals surface area contributed by atoms with Crippen LogP contribution in [0.25, 0.3) is 16.5 Å². The fraction of sp³-hybridized carbons (Fsp3) is 0.273. The first-order valence-electron chi connectivity index (χ1n) is 9.72. The van der Waals surface area contributed by atoms with Gasteiger partial charge in [0.15, 0.2) is 17.2 Å². The normalized spacial score (nSPS) is 22.0. The summed E-state index contributed by atoms with van der Waals surface area (Å²) in [4.78, 5) is 8.10. The summed E-state index contributed by atoms with van der Waals surface area (Å²) in [5.41, 5.74) is -4.06. The number of anilines is 1. The third kappa shape index (κ3) is 3.67. The van der Waals surface area contributed by atoms with Crippen molar-refractivity contribution in [1.29, 1.82) is 0 Å². The minimum Gasteiger partial charge on any atom is -0.504 e. The van der Waals surface area contributed by atoms with Crippen LogP contribution in [0.2, 0.25) is 5.02 Å². The third-order valence-electron chi connectivity index (χ3n) is 5.72. The van der Waals surface area contributed by atoms with Crippen LogP contribution in [0.4, 0.5) is 27.6 Å². The molecule has 1 aromatic heterocycles. The number of fused-ring (bicyclic) bond motifs is 2. The lowest BCUT2D eigenvalue weighted by Gasteiger charge is -2.44. The summed E-state index contributed by atoms with van der Waals surface area (Å²) in [6.45, 7) is 2.96. The molecule has 174 valence electrons. The van der Waals surface area contributed by atoms with Gasteiger partial charge in [0.05, 0.1) is 16.6 Å². The van der Waals surface area contributed by atoms with Crippen molar-refractivity contribution >= 4 is 33.8 Å². The topological polar surface area (TPSA) is 78.3 Å². The summed E-state index contributed by atoms with van der Waals surface area (Å²) in [6, 6.07) is 0.959. The van der Waals surface area contributed by atoms with E-state index in [-0.39, 0.29) is 33.3 Å². The van der Waals surface area contributed by atoms with Crippen LogP contribution in [0.15, 0.2) is 30.5 Å². The summed E-state index contributed by atoms with van der Waals surface area (Å²) in [5.74, 6) is -2.61. The molecule has 0 fully saturated rings. The SMILES string of the molecule is C/C=C1/C[C@@](O)(C(F)(F)F)[C@@H](Nc2cc(F)cc3nc(C)ncc23)c2cc(Cl)c(F)c(O)c21. The first-order chi connectivity index (χ1) is 15.4. The number of alkyl halides is 3. The Labute approximate surface area is 189 Å². The van der Waals surface area contributed by atoms with Gasteiger partial charge in [-0.3, -0.25) is 0 Å². The summed E-state index contributed by atoms with van der Waals surface area (Å²) in [6.07, 6.45) is -3.60. The van der Waals surface area contributed by atoms with Gasteiger partial charge in [-0.1, -0.05) is 17.7 Å². The second kappa shape index (κ2) is 7.81. The summed E-state index contributed by atoms with van der Waals surface area (Å²) >= 11 is 5.83. The molecule has 0 unspecified atom stereocenters. The molecule has 0 saturated heterocycles. The average Bonchev–Trinajstić information content (AvgIpc) is 2.72. The molecule has 33 heavy (non-hydrogen) atoms. The number of aromatic hydroxyl groups is 1. The molecule has 0 amide bonds. The highest BCUT2D eigenvalue weighted by molar-refractivity contribution is 6.31. The number of aryl methyl sites for hydroxylation is 1. The van der Waals surface area contributed by atoms with Crippen LogP contribution in [-0.2, 0) is 0 Å². The number of hydrogen-bond acceptors (Lipinski definition) is 5. The lowest BCUT2D eigenvalue weighted by atomic mass is 9.72. The van der Waals surface area contributed by atoms with Crippen LogP contribution in [0.3, 0.4) is 0 Å². The van der Waals surface area contributed by atoms with Crippen molar-refractivity contribution in [2.24, 2.45) is 0 Å². The van der Waals surface area contributed by atoms with Gasteiger partial charge >= 0.3 is 6.18 Å². The maximum atomic E-state index is 14.3. The highest BCUT2D eigenvalue weighted by atomic mass is 35.5. The van der Waals surface area contributed by atoms with Gasteiger partial charge in [-0.05, 0) is 37.1 Å². The molecule has 2 atom stereocenters. The lowest BCUT2D eigenvalue weighted by molar-refractivity contribution is -0.265. The Hall–Kier alpha value is -2.98. The average molecular weight is 486 g/mol. The molecule has 3 aromatic rings. The molecule has 0 bridgehead atoms. The maximum absolute atomic E-state index is 14.3. The van der Waals surface area contributed by atoms with Gasteiger partial charge < -0.3 is 15.5 Å². The number of aromatic nitrogens is 2. The van der Waals surface area contributed by atoms with Gasteiger partial charge in [-0.25, -0.2) is 18.7 Å². The monoisotopic (exact) mass is 485 g/mol. The quantitative estimate of drug-likeness (QED) is 0.398. The Morgan fingerprint density at radius 2 is 1.94 bits per heavy atom. The highest BCUT2D eigenvalue weighted by Crippen LogP contribution is 2.55. The van der Waals surface area contributed by atoms with E-state index >= 15 is 0 Å². The van der Waals surface area contributed by atoms with Crippen LogP contribution < -0.4 is 5.32 Å². The first-order valence-corrected chi connectivity index (χ1v) is 10.1. The Morgan fingerprint density at radius 1 is 1.24 bits per heavy atom. The van der Waals surface area contributed by atoms with Crippen molar-refractivity contribution < 1.29 is 32.2 Å². The van der Waals surface area contributed by atoms with E-state index in [0.717, 1.165) is 18.2 Å². The largest absolute Gasteiger partial charge is 0.504 e. The number of allylic oxidation sites excluding steroid dienone is 1. The molecular formula is C22H17ClF5N3O2. The Morgan fingerprint density at radius 3 is 2.58 bits per heavy atom. The van der Waals surface area contributed by atoms with Gasteiger partial charge in [-0.15, -0.1) is 0 Å². The van der Waals surface area contributed by atoms with E-state index in [4.69, 9.17) is 11.6 Å². The van der Waals surface area contributed by atoms with Gasteiger partial charge in [-0.2, -0.15) is 13.2 Å². The van der Waals surface area contributed by atoms with E-state index in [1.54, 1.807) is 6.92 Å². The van der Waals surface area contributed by atoms with Crippen LogP contribution >= 0.6 is 11.6 Å². The van der Waals surface area contributed by atoms with Crippen molar-refractivity contribution in [2.45, 2.75) is 38.1 Å². The predicted molar refractivity (Wildman–Crippen MR) is 113 cm³/mol. The summed E-state index contributed by atoms with van der Waals surface area (Å²) < 4.78 is 71.3. The summed E-state index contributed by atoms with van der Waals surface area (Å²) in [7, 11) is 0. The molecule has 1 heterocycles. The minimum atomic E-state index is -5.16. The zero-order chi connectivity index (χ0) is 24.3. The number of phenolic OH excluding ortho intramolecular Hbond substituents is 1. The molecule has 0 saturated carbocycles. The first kappa shape index (κ1) is 23.2. The van der Waals surface area contributed by atoms with Gasteiger partial charge in [0, 0.05) is 35.3 Å². The lowest BCUT2D eigenvalue weighted by Crippen LogP contribution is -2.54. The van der Waals surface area contributed by atoms with Crippen molar-refractivity contribution in [1.82, 2.24) is 9.97 Å². The molecule has 11 heteroatoms. The fourth-order valence-electron chi connectivity index (χ4n) is 4.11. The van der Waals surface area contributed by atoms with E-state index in [9.17, 15) is 32.2 Å². The minimum absolute atomic E-state index is 0.126. The van der Waals surface area contributed by atoms with Crippen LogP contribution in [0, 0.1) is 18.6 Å². The number of rotatable bonds is 2. The molecule has 1 aliphatic rings. The van der Waals surface area contributed by atoms with Crippen molar-refractivity contribution in [3.05, 3.63) is 64.1 Å². The van der Waals surface area contributed by atoms with E-state index in [1.807, 2.05) is 0 Å². The van der Waals surface area contributed by atoms with E-state index in [0.29, 0.717) is 5.82 Å². The molecule has 3 N–H and O–H groups in total. The molecule has 1 aliphatic carbocycles. The zero-order valence-electron chi connectivity index (χ0n) is 17.2. The number of benzene rings is 2. The smallest absolute Gasteiger partial charge is 0.419 e. The molecule has 0 aliphatic heterocycles. The highest BCUT2D eigenvalue weighted by Gasteiger charge is 2.62. The van der Waals surface area contributed by atoms with Gasteiger partial charge in [0.2, 0.25) is 0 Å². The van der Waals surface area contributed by atoms with E-state index in [2.05, 4.69) is 15.3 Å². The Bertz CT molecular complexity index is 1310. The standard InChI is InChI=1S/C22H17ClF5N3O2/c1-3-10-7-21(33,22(26,27)28)20(12-6-14(23)18(25)19(32)17(10)12)31-16-5-11(24)4-15-13(16)8-29-9(2)30-15/h3-6,8,20,31-33H,7H2,1-2H3/b10-3-/t20-,21-/m0/s1. The fourth-order valence-corrected chi connectivity index (χ4v) is 4.32. The zero-order valence-corrected chi connectivity index (χ0v) is 18.0. The Balaban J connectivity index is 2.01. The molecule has 4 rings (SSSR count). The Kier molecular flexibility index (Phi) is 5.49. The van der Waals surface area contributed by atoms with Gasteiger partial charge in [0.25, 0.3) is 0 Å². The predicted octanol–water partition coefficient (Wildman–Crippen LogP) is 5.83. The van der Waals surface area contributed by atoms with Crippen LogP contribution in [-0.4, -0.2) is 32.0 Å². The second-order valence-electron chi connectivity index (χ2n) is 7.78. The van der Waals surface area contributed by atoms with Crippen molar-refractivity contribution in [2.75, 3.05) is 5.32 Å². The third-order valence-corrected chi connectivity index (χ3v) is 5.99. The van der Waals surface area contributed by atoms with Crippen LogP contribution in [0.1, 0.15) is 36.3 Å². The maximum Gasteiger partial charge on any atom is 0.419 e. The van der Waals surface area contributed by atoms with Crippen molar-refractivity contribution in [3.63, 3.8) is 0 Å². The van der Waals surface area contributed by atoms with Crippen LogP contribution in [0.5, 0.6) is 5.75 Å². The number of halogens is 6. The number of nitrogens with zero attached hydrogens (tertiary/aromatic N) is 2. The van der Waals surface area contributed by atoms with Gasteiger partial charge in [0.1, 0.15) is 11.6 Å². The van der Waals surface area contributed by atoms with E-state index < -0.39 is 46.6 Å². The number of phenols is 1. The second-order valence-corrected chi connectivity index (χ2v) is 8.19. The molecule has 0 radical (unpaired) electrons. The number of hydrogen-bond donors (Lipinski definition) is 3. The molecule has 5 nitrogen and oxygen atoms in total. The summed E-state index contributed by atoms with van der Waals surface area (Å²) in [5, 5.41) is 23.4. The number of aliphatic hydroxyl groups is 1. The molecular weight excluding hydrogens is 469 g/mol.